The first-order chi connectivity index (χ1) is 7.65. The highest BCUT2D eigenvalue weighted by atomic mass is 32.1. The van der Waals surface area contributed by atoms with Crippen LogP contribution < -0.4 is 5.73 Å². The van der Waals surface area contributed by atoms with E-state index in [1.807, 2.05) is 11.3 Å². The summed E-state index contributed by atoms with van der Waals surface area (Å²) in [6.45, 7) is 6.56. The molecule has 0 saturated carbocycles. The molecule has 0 fully saturated rings. The van der Waals surface area contributed by atoms with Crippen LogP contribution in [0.15, 0.2) is 17.5 Å². The Morgan fingerprint density at radius 2 is 2.19 bits per heavy atom. The van der Waals surface area contributed by atoms with Gasteiger partial charge in [-0.1, -0.05) is 13.0 Å². The van der Waals surface area contributed by atoms with Crippen LogP contribution in [0.25, 0.3) is 0 Å². The van der Waals surface area contributed by atoms with Crippen LogP contribution in [0.1, 0.15) is 37.6 Å². The van der Waals surface area contributed by atoms with E-state index in [9.17, 15) is 0 Å². The van der Waals surface area contributed by atoms with Gasteiger partial charge in [0.05, 0.1) is 0 Å². The van der Waals surface area contributed by atoms with E-state index >= 15 is 0 Å². The predicted molar refractivity (Wildman–Crippen MR) is 72.8 cm³/mol. The molecular formula is C13H24N2S. The molecule has 1 aromatic rings. The van der Waals surface area contributed by atoms with E-state index in [1.165, 1.54) is 11.3 Å². The lowest BCUT2D eigenvalue weighted by atomic mass is 10.0. The third-order valence-corrected chi connectivity index (χ3v) is 4.16. The zero-order valence-corrected chi connectivity index (χ0v) is 11.5. The number of hydrogen-bond donors (Lipinski definition) is 1. The molecule has 1 aromatic heterocycles. The number of hydrogen-bond acceptors (Lipinski definition) is 3. The molecular weight excluding hydrogens is 216 g/mol. The first-order valence-corrected chi connectivity index (χ1v) is 6.96. The second-order valence-electron chi connectivity index (χ2n) is 4.67. The van der Waals surface area contributed by atoms with Crippen molar-refractivity contribution in [3.8, 4) is 0 Å². The van der Waals surface area contributed by atoms with Gasteiger partial charge < -0.3 is 5.73 Å². The minimum Gasteiger partial charge on any atom is -0.330 e. The average molecular weight is 240 g/mol. The fourth-order valence-electron chi connectivity index (χ4n) is 1.95. The molecule has 0 spiro atoms. The van der Waals surface area contributed by atoms with Crippen molar-refractivity contribution in [1.29, 1.82) is 0 Å². The molecule has 2 N–H and O–H groups in total. The second kappa shape index (κ2) is 7.05. The maximum absolute atomic E-state index is 5.53. The lowest BCUT2D eigenvalue weighted by Gasteiger charge is -2.26. The van der Waals surface area contributed by atoms with Crippen molar-refractivity contribution in [2.75, 3.05) is 20.1 Å². The van der Waals surface area contributed by atoms with Gasteiger partial charge in [-0.2, -0.15) is 0 Å². The van der Waals surface area contributed by atoms with Gasteiger partial charge in [0.2, 0.25) is 0 Å². The summed E-state index contributed by atoms with van der Waals surface area (Å²) in [7, 11) is 2.21. The molecule has 0 aliphatic rings. The third-order valence-electron chi connectivity index (χ3n) is 3.12. The van der Waals surface area contributed by atoms with Gasteiger partial charge in [0.25, 0.3) is 0 Å². The molecule has 0 amide bonds. The summed E-state index contributed by atoms with van der Waals surface area (Å²) in [6.07, 6.45) is 2.38. The molecule has 3 heteroatoms. The molecule has 0 bridgehead atoms. The number of rotatable bonds is 7. The summed E-state index contributed by atoms with van der Waals surface area (Å²) >= 11 is 1.84. The minimum atomic E-state index is 0.528. The molecule has 16 heavy (non-hydrogen) atoms. The van der Waals surface area contributed by atoms with Gasteiger partial charge in [-0.05, 0) is 50.7 Å². The first-order valence-electron chi connectivity index (χ1n) is 6.08. The normalized spacial score (nSPS) is 15.3. The summed E-state index contributed by atoms with van der Waals surface area (Å²) < 4.78 is 0. The number of thiophene rings is 1. The van der Waals surface area contributed by atoms with E-state index in [0.717, 1.165) is 25.4 Å². The van der Waals surface area contributed by atoms with Gasteiger partial charge in [-0.25, -0.2) is 0 Å². The Hall–Kier alpha value is -0.380. The zero-order chi connectivity index (χ0) is 12.0. The van der Waals surface area contributed by atoms with E-state index in [2.05, 4.69) is 43.3 Å². The van der Waals surface area contributed by atoms with Crippen molar-refractivity contribution in [2.24, 2.45) is 11.7 Å². The predicted octanol–water partition coefficient (Wildman–Crippen LogP) is 3.12. The summed E-state index contributed by atoms with van der Waals surface area (Å²) in [5.41, 5.74) is 5.53. The Bertz CT molecular complexity index is 271. The SMILES string of the molecule is CC(CCCN)CN(C)C(C)c1cccs1. The van der Waals surface area contributed by atoms with Crippen LogP contribution >= 0.6 is 11.3 Å². The van der Waals surface area contributed by atoms with Crippen LogP contribution in [0.5, 0.6) is 0 Å². The molecule has 0 aromatic carbocycles. The van der Waals surface area contributed by atoms with Crippen molar-refractivity contribution in [3.63, 3.8) is 0 Å². The topological polar surface area (TPSA) is 29.3 Å². The fraction of sp³-hybridized carbons (Fsp3) is 0.692. The molecule has 0 aliphatic heterocycles. The highest BCUT2D eigenvalue weighted by Crippen LogP contribution is 2.24. The summed E-state index contributed by atoms with van der Waals surface area (Å²) in [6, 6.07) is 4.87. The van der Waals surface area contributed by atoms with Crippen molar-refractivity contribution in [2.45, 2.75) is 32.7 Å². The lowest BCUT2D eigenvalue weighted by molar-refractivity contribution is 0.223. The molecule has 0 aliphatic carbocycles. The molecule has 2 atom stereocenters. The average Bonchev–Trinajstić information content (AvgIpc) is 2.78. The Balaban J connectivity index is 2.36. The molecule has 1 rings (SSSR count). The van der Waals surface area contributed by atoms with Gasteiger partial charge in [0.15, 0.2) is 0 Å². The smallest absolute Gasteiger partial charge is 0.0410 e. The van der Waals surface area contributed by atoms with Gasteiger partial charge in [0, 0.05) is 17.5 Å². The Labute approximate surface area is 103 Å². The van der Waals surface area contributed by atoms with E-state index in [4.69, 9.17) is 5.73 Å². The zero-order valence-electron chi connectivity index (χ0n) is 10.6. The van der Waals surface area contributed by atoms with Crippen LogP contribution in [-0.4, -0.2) is 25.0 Å². The van der Waals surface area contributed by atoms with Gasteiger partial charge in [0.1, 0.15) is 0 Å². The Morgan fingerprint density at radius 3 is 2.75 bits per heavy atom. The monoisotopic (exact) mass is 240 g/mol. The van der Waals surface area contributed by atoms with Crippen LogP contribution in [0.2, 0.25) is 0 Å². The molecule has 2 nitrogen and oxygen atoms in total. The van der Waals surface area contributed by atoms with Crippen molar-refractivity contribution in [3.05, 3.63) is 22.4 Å². The van der Waals surface area contributed by atoms with Crippen molar-refractivity contribution in [1.82, 2.24) is 4.90 Å². The highest BCUT2D eigenvalue weighted by molar-refractivity contribution is 7.10. The lowest BCUT2D eigenvalue weighted by Crippen LogP contribution is -2.27. The van der Waals surface area contributed by atoms with Crippen LogP contribution in [0.4, 0.5) is 0 Å². The van der Waals surface area contributed by atoms with Gasteiger partial charge in [-0.15, -0.1) is 11.3 Å². The van der Waals surface area contributed by atoms with Crippen LogP contribution in [0.3, 0.4) is 0 Å². The van der Waals surface area contributed by atoms with E-state index in [0.29, 0.717) is 6.04 Å². The van der Waals surface area contributed by atoms with E-state index < -0.39 is 0 Å². The van der Waals surface area contributed by atoms with Crippen LogP contribution in [0, 0.1) is 5.92 Å². The van der Waals surface area contributed by atoms with Gasteiger partial charge in [-0.3, -0.25) is 4.90 Å². The third kappa shape index (κ3) is 4.24. The summed E-state index contributed by atoms with van der Waals surface area (Å²) in [4.78, 5) is 3.89. The quantitative estimate of drug-likeness (QED) is 0.793. The van der Waals surface area contributed by atoms with E-state index in [-0.39, 0.29) is 0 Å². The van der Waals surface area contributed by atoms with Crippen molar-refractivity contribution >= 4 is 11.3 Å². The van der Waals surface area contributed by atoms with Crippen molar-refractivity contribution < 1.29 is 0 Å². The molecule has 2 unspecified atom stereocenters. The summed E-state index contributed by atoms with van der Waals surface area (Å²) in [5.74, 6) is 0.732. The van der Waals surface area contributed by atoms with Gasteiger partial charge >= 0.3 is 0 Å². The highest BCUT2D eigenvalue weighted by Gasteiger charge is 2.14. The summed E-state index contributed by atoms with van der Waals surface area (Å²) in [5, 5.41) is 2.15. The second-order valence-corrected chi connectivity index (χ2v) is 5.65. The Kier molecular flexibility index (Phi) is 6.03. The maximum Gasteiger partial charge on any atom is 0.0410 e. The Morgan fingerprint density at radius 1 is 1.44 bits per heavy atom. The molecule has 0 saturated heterocycles. The number of nitrogens with zero attached hydrogens (tertiary/aromatic N) is 1. The van der Waals surface area contributed by atoms with E-state index in [1.54, 1.807) is 0 Å². The number of nitrogens with two attached hydrogens (primary N) is 1. The molecule has 0 radical (unpaired) electrons. The molecule has 1 heterocycles. The van der Waals surface area contributed by atoms with Crippen LogP contribution in [-0.2, 0) is 0 Å². The standard InChI is InChI=1S/C13H24N2S/c1-11(6-4-8-14)10-15(3)12(2)13-7-5-9-16-13/h5,7,9,11-12H,4,6,8,10,14H2,1-3H3. The molecule has 92 valence electrons. The minimum absolute atomic E-state index is 0.528. The maximum atomic E-state index is 5.53. The fourth-order valence-corrected chi connectivity index (χ4v) is 2.80. The largest absolute Gasteiger partial charge is 0.330 e. The first kappa shape index (κ1) is 13.7.